The fraction of sp³-hybridized carbons (Fsp3) is 1.00. The summed E-state index contributed by atoms with van der Waals surface area (Å²) in [5.74, 6) is 0.900. The fourth-order valence-corrected chi connectivity index (χ4v) is 2.75. The Morgan fingerprint density at radius 2 is 0.800 bits per heavy atom. The quantitative estimate of drug-likeness (QED) is 0.266. The van der Waals surface area contributed by atoms with Gasteiger partial charge in [-0.2, -0.15) is 0 Å². The van der Waals surface area contributed by atoms with E-state index in [1.807, 2.05) is 0 Å². The van der Waals surface area contributed by atoms with Crippen LogP contribution in [0.1, 0.15) is 125 Å². The fourth-order valence-electron chi connectivity index (χ4n) is 2.75. The summed E-state index contributed by atoms with van der Waals surface area (Å²) in [6, 6.07) is 0. The lowest BCUT2D eigenvalue weighted by Gasteiger charge is -2.04. The van der Waals surface area contributed by atoms with Gasteiger partial charge in [0, 0.05) is 0 Å². The van der Waals surface area contributed by atoms with E-state index >= 15 is 0 Å². The average Bonchev–Trinajstić information content (AvgIpc) is 2.39. The number of unbranched alkanes of at least 4 members (excludes halogenated alkanes) is 13. The standard InChI is InChI=1S/C19H40.CH4/c1-4-5-6-7-8-9-10-11-12-13-14-15-16-17-18-19(2)3;/h19H,4-18H2,1-3H3;1H4. The maximum absolute atomic E-state index is 2.34. The summed E-state index contributed by atoms with van der Waals surface area (Å²) in [6.07, 6.45) is 22.0. The second kappa shape index (κ2) is 19.0. The maximum Gasteiger partial charge on any atom is -0.0471 e. The molecule has 0 aromatic carbocycles. The molecule has 0 bridgehead atoms. The monoisotopic (exact) mass is 284 g/mol. The predicted molar refractivity (Wildman–Crippen MR) is 96.5 cm³/mol. The van der Waals surface area contributed by atoms with Crippen molar-refractivity contribution >= 4 is 0 Å². The van der Waals surface area contributed by atoms with E-state index < -0.39 is 0 Å². The van der Waals surface area contributed by atoms with Gasteiger partial charge in [-0.05, 0) is 5.92 Å². The molecule has 0 unspecified atom stereocenters. The highest BCUT2D eigenvalue weighted by molar-refractivity contribution is 4.50. The van der Waals surface area contributed by atoms with Crippen LogP contribution >= 0.6 is 0 Å². The van der Waals surface area contributed by atoms with Crippen molar-refractivity contribution in [3.8, 4) is 0 Å². The first-order valence-electron chi connectivity index (χ1n) is 9.27. The summed E-state index contributed by atoms with van der Waals surface area (Å²) in [5, 5.41) is 0. The van der Waals surface area contributed by atoms with Gasteiger partial charge in [0.25, 0.3) is 0 Å². The first-order chi connectivity index (χ1) is 9.27. The van der Waals surface area contributed by atoms with Crippen molar-refractivity contribution < 1.29 is 0 Å². The summed E-state index contributed by atoms with van der Waals surface area (Å²) >= 11 is 0. The van der Waals surface area contributed by atoms with Gasteiger partial charge in [0.15, 0.2) is 0 Å². The minimum atomic E-state index is 0. The van der Waals surface area contributed by atoms with Crippen molar-refractivity contribution in [1.29, 1.82) is 0 Å². The average molecular weight is 285 g/mol. The van der Waals surface area contributed by atoms with Crippen LogP contribution in [-0.4, -0.2) is 0 Å². The van der Waals surface area contributed by atoms with Gasteiger partial charge in [0.2, 0.25) is 0 Å². The van der Waals surface area contributed by atoms with Crippen LogP contribution in [-0.2, 0) is 0 Å². The van der Waals surface area contributed by atoms with Gasteiger partial charge in [0.1, 0.15) is 0 Å². The highest BCUT2D eigenvalue weighted by Gasteiger charge is 1.95. The van der Waals surface area contributed by atoms with E-state index in [-0.39, 0.29) is 7.43 Å². The predicted octanol–water partition coefficient (Wildman–Crippen LogP) is 8.15. The van der Waals surface area contributed by atoms with Gasteiger partial charge in [0.05, 0.1) is 0 Å². The molecule has 0 spiro atoms. The van der Waals surface area contributed by atoms with Crippen LogP contribution in [0, 0.1) is 5.92 Å². The molecule has 0 aliphatic heterocycles. The Kier molecular flexibility index (Phi) is 21.2. The van der Waals surface area contributed by atoms with Crippen molar-refractivity contribution in [1.82, 2.24) is 0 Å². The zero-order valence-corrected chi connectivity index (χ0v) is 14.2. The van der Waals surface area contributed by atoms with Gasteiger partial charge in [-0.25, -0.2) is 0 Å². The van der Waals surface area contributed by atoms with Crippen LogP contribution in [0.2, 0.25) is 0 Å². The second-order valence-electron chi connectivity index (χ2n) is 6.78. The molecule has 0 aliphatic carbocycles. The molecule has 20 heavy (non-hydrogen) atoms. The van der Waals surface area contributed by atoms with Crippen molar-refractivity contribution in [2.75, 3.05) is 0 Å². The number of hydrogen-bond donors (Lipinski definition) is 0. The van der Waals surface area contributed by atoms with Crippen molar-refractivity contribution in [3.63, 3.8) is 0 Å². The summed E-state index contributed by atoms with van der Waals surface area (Å²) in [5.41, 5.74) is 0. The lowest BCUT2D eigenvalue weighted by atomic mass is 10.0. The smallest absolute Gasteiger partial charge is 0.0471 e. The van der Waals surface area contributed by atoms with Crippen molar-refractivity contribution in [2.24, 2.45) is 5.92 Å². The number of rotatable bonds is 15. The van der Waals surface area contributed by atoms with Gasteiger partial charge in [-0.3, -0.25) is 0 Å². The van der Waals surface area contributed by atoms with E-state index in [0.29, 0.717) is 0 Å². The molecule has 0 radical (unpaired) electrons. The van der Waals surface area contributed by atoms with Crippen LogP contribution in [0.3, 0.4) is 0 Å². The molecule has 0 aromatic rings. The zero-order valence-electron chi connectivity index (χ0n) is 14.2. The molecule has 0 saturated carbocycles. The molecule has 0 rings (SSSR count). The molecule has 0 fully saturated rings. The van der Waals surface area contributed by atoms with Crippen LogP contribution < -0.4 is 0 Å². The van der Waals surface area contributed by atoms with E-state index in [1.54, 1.807) is 0 Å². The summed E-state index contributed by atoms with van der Waals surface area (Å²) < 4.78 is 0. The molecule has 124 valence electrons. The van der Waals surface area contributed by atoms with E-state index in [0.717, 1.165) is 5.92 Å². The van der Waals surface area contributed by atoms with Gasteiger partial charge >= 0.3 is 0 Å². The third-order valence-corrected chi connectivity index (χ3v) is 4.14. The summed E-state index contributed by atoms with van der Waals surface area (Å²) in [6.45, 7) is 6.97. The normalized spacial score (nSPS) is 10.8. The molecular formula is C20H44. The van der Waals surface area contributed by atoms with E-state index in [9.17, 15) is 0 Å². The minimum Gasteiger partial charge on any atom is -0.0776 e. The summed E-state index contributed by atoms with van der Waals surface area (Å²) in [7, 11) is 0. The van der Waals surface area contributed by atoms with Crippen LogP contribution in [0.15, 0.2) is 0 Å². The zero-order chi connectivity index (χ0) is 14.2. The molecule has 0 saturated heterocycles. The molecule has 0 atom stereocenters. The van der Waals surface area contributed by atoms with Crippen molar-refractivity contribution in [2.45, 2.75) is 125 Å². The topological polar surface area (TPSA) is 0 Å². The van der Waals surface area contributed by atoms with E-state index in [2.05, 4.69) is 20.8 Å². The number of hydrogen-bond acceptors (Lipinski definition) is 0. The molecule has 0 heterocycles. The highest BCUT2D eigenvalue weighted by Crippen LogP contribution is 2.14. The van der Waals surface area contributed by atoms with Gasteiger partial charge in [-0.1, -0.05) is 125 Å². The Balaban J connectivity index is 0. The van der Waals surface area contributed by atoms with Gasteiger partial charge < -0.3 is 0 Å². The Bertz CT molecular complexity index is 148. The largest absolute Gasteiger partial charge is 0.0776 e. The van der Waals surface area contributed by atoms with Crippen molar-refractivity contribution in [3.05, 3.63) is 0 Å². The SMILES string of the molecule is C.CCCCCCCCCCCCCCCCC(C)C. The molecule has 0 nitrogen and oxygen atoms in total. The summed E-state index contributed by atoms with van der Waals surface area (Å²) in [4.78, 5) is 0. The van der Waals surface area contributed by atoms with E-state index in [4.69, 9.17) is 0 Å². The maximum atomic E-state index is 2.34. The third-order valence-electron chi connectivity index (χ3n) is 4.14. The van der Waals surface area contributed by atoms with Gasteiger partial charge in [-0.15, -0.1) is 0 Å². The second-order valence-corrected chi connectivity index (χ2v) is 6.78. The highest BCUT2D eigenvalue weighted by atomic mass is 14.0. The van der Waals surface area contributed by atoms with Crippen LogP contribution in [0.4, 0.5) is 0 Å². The molecule has 0 N–H and O–H groups in total. The Morgan fingerprint density at radius 3 is 1.10 bits per heavy atom. The first kappa shape index (κ1) is 22.3. The minimum absolute atomic E-state index is 0. The molecule has 0 aromatic heterocycles. The Morgan fingerprint density at radius 1 is 0.500 bits per heavy atom. The lowest BCUT2D eigenvalue weighted by Crippen LogP contribution is -1.87. The molecule has 0 amide bonds. The first-order valence-corrected chi connectivity index (χ1v) is 9.27. The molecule has 0 heteroatoms. The Labute approximate surface area is 131 Å². The Hall–Kier alpha value is 0. The molecule has 0 aliphatic rings. The van der Waals surface area contributed by atoms with Crippen LogP contribution in [0.5, 0.6) is 0 Å². The lowest BCUT2D eigenvalue weighted by molar-refractivity contribution is 0.502. The van der Waals surface area contributed by atoms with E-state index in [1.165, 1.54) is 96.3 Å². The van der Waals surface area contributed by atoms with Crippen LogP contribution in [0.25, 0.3) is 0 Å². The molecular weight excluding hydrogens is 240 g/mol. The third kappa shape index (κ3) is 20.3.